The molecule has 0 unspecified atom stereocenters. The third-order valence-electron chi connectivity index (χ3n) is 4.08. The first-order valence-electron chi connectivity index (χ1n) is 8.86. The first kappa shape index (κ1) is 19.1. The van der Waals surface area contributed by atoms with Crippen LogP contribution in [0.2, 0.25) is 0 Å². The lowest BCUT2D eigenvalue weighted by Gasteiger charge is -2.10. The Morgan fingerprint density at radius 3 is 2.29 bits per heavy atom. The molecule has 0 aromatic heterocycles. The normalized spacial score (nSPS) is 9.79. The van der Waals surface area contributed by atoms with Crippen molar-refractivity contribution in [3.8, 4) is 23.3 Å². The van der Waals surface area contributed by atoms with Crippen LogP contribution in [-0.4, -0.2) is 20.1 Å². The first-order chi connectivity index (χ1) is 13.7. The zero-order valence-corrected chi connectivity index (χ0v) is 15.9. The van der Waals surface area contributed by atoms with Crippen molar-refractivity contribution >= 4 is 11.6 Å². The summed E-state index contributed by atoms with van der Waals surface area (Å²) in [6.45, 7) is 0. The highest BCUT2D eigenvalue weighted by Crippen LogP contribution is 2.27. The van der Waals surface area contributed by atoms with Gasteiger partial charge in [-0.25, -0.2) is 0 Å². The number of hydrogen-bond acceptors (Lipinski definition) is 3. The highest BCUT2D eigenvalue weighted by molar-refractivity contribution is 5.92. The number of ether oxygens (including phenoxy) is 2. The molecule has 1 amide bonds. The molecule has 0 saturated heterocycles. The Labute approximate surface area is 165 Å². The van der Waals surface area contributed by atoms with Gasteiger partial charge in [0, 0.05) is 16.8 Å². The molecule has 0 bridgehead atoms. The monoisotopic (exact) mass is 371 g/mol. The van der Waals surface area contributed by atoms with Crippen LogP contribution in [0.25, 0.3) is 0 Å². The smallest absolute Gasteiger partial charge is 0.228 e. The van der Waals surface area contributed by atoms with Crippen molar-refractivity contribution in [2.75, 3.05) is 19.5 Å². The average molecular weight is 371 g/mol. The first-order valence-corrected chi connectivity index (χ1v) is 8.86. The van der Waals surface area contributed by atoms with Gasteiger partial charge >= 0.3 is 0 Å². The second-order valence-corrected chi connectivity index (χ2v) is 6.11. The fraction of sp³-hybridized carbons (Fsp3) is 0.125. The van der Waals surface area contributed by atoms with Crippen molar-refractivity contribution in [1.82, 2.24) is 0 Å². The van der Waals surface area contributed by atoms with Crippen molar-refractivity contribution in [3.63, 3.8) is 0 Å². The van der Waals surface area contributed by atoms with E-state index in [1.165, 1.54) is 0 Å². The molecule has 3 rings (SSSR count). The topological polar surface area (TPSA) is 47.6 Å². The Hall–Kier alpha value is -3.71. The Morgan fingerprint density at radius 1 is 0.821 bits per heavy atom. The standard InChI is InChI=1S/C24H21NO3/c1-27-22-14-13-20(16-23(22)28-2)17-24(26)25-21-10-6-9-19(15-21)12-11-18-7-4-3-5-8-18/h3-10,13-16H,17H2,1-2H3,(H,25,26). The van der Waals surface area contributed by atoms with Gasteiger partial charge < -0.3 is 14.8 Å². The number of anilines is 1. The Bertz CT molecular complexity index is 1020. The van der Waals surface area contributed by atoms with E-state index in [2.05, 4.69) is 17.2 Å². The van der Waals surface area contributed by atoms with Crippen LogP contribution in [-0.2, 0) is 11.2 Å². The van der Waals surface area contributed by atoms with Crippen molar-refractivity contribution in [2.45, 2.75) is 6.42 Å². The molecule has 0 aliphatic rings. The zero-order chi connectivity index (χ0) is 19.8. The summed E-state index contributed by atoms with van der Waals surface area (Å²) in [5.41, 5.74) is 3.35. The number of benzene rings is 3. The molecule has 3 aromatic carbocycles. The maximum Gasteiger partial charge on any atom is 0.228 e. The summed E-state index contributed by atoms with van der Waals surface area (Å²) in [7, 11) is 3.15. The van der Waals surface area contributed by atoms with Crippen LogP contribution in [0.15, 0.2) is 72.8 Å². The molecule has 140 valence electrons. The Kier molecular flexibility index (Phi) is 6.33. The number of nitrogens with one attached hydrogen (secondary N) is 1. The highest BCUT2D eigenvalue weighted by Gasteiger charge is 2.09. The summed E-state index contributed by atoms with van der Waals surface area (Å²) >= 11 is 0. The van der Waals surface area contributed by atoms with Gasteiger partial charge in [-0.15, -0.1) is 0 Å². The van der Waals surface area contributed by atoms with Crippen LogP contribution >= 0.6 is 0 Å². The summed E-state index contributed by atoms with van der Waals surface area (Å²) in [4.78, 5) is 12.4. The molecule has 1 N–H and O–H groups in total. The third-order valence-corrected chi connectivity index (χ3v) is 4.08. The molecule has 0 aliphatic heterocycles. The largest absolute Gasteiger partial charge is 0.493 e. The Balaban J connectivity index is 1.67. The summed E-state index contributed by atoms with van der Waals surface area (Å²) in [6.07, 6.45) is 0.236. The maximum atomic E-state index is 12.4. The van der Waals surface area contributed by atoms with Crippen LogP contribution < -0.4 is 14.8 Å². The minimum Gasteiger partial charge on any atom is -0.493 e. The molecule has 3 aromatic rings. The molecule has 4 heteroatoms. The van der Waals surface area contributed by atoms with Gasteiger partial charge in [0.1, 0.15) is 0 Å². The summed E-state index contributed by atoms with van der Waals surface area (Å²) in [5, 5.41) is 2.92. The van der Waals surface area contributed by atoms with Crippen LogP contribution in [0.3, 0.4) is 0 Å². The predicted octanol–water partition coefficient (Wildman–Crippen LogP) is 4.28. The van der Waals surface area contributed by atoms with E-state index in [0.29, 0.717) is 17.2 Å². The quantitative estimate of drug-likeness (QED) is 0.681. The van der Waals surface area contributed by atoms with Crippen molar-refractivity contribution in [2.24, 2.45) is 0 Å². The molecule has 0 saturated carbocycles. The van der Waals surface area contributed by atoms with Gasteiger partial charge in [0.2, 0.25) is 5.91 Å². The van der Waals surface area contributed by atoms with Gasteiger partial charge in [0.15, 0.2) is 11.5 Å². The van der Waals surface area contributed by atoms with Gasteiger partial charge in [-0.3, -0.25) is 4.79 Å². The fourth-order valence-electron chi connectivity index (χ4n) is 2.72. The van der Waals surface area contributed by atoms with Crippen molar-refractivity contribution < 1.29 is 14.3 Å². The molecule has 0 spiro atoms. The number of methoxy groups -OCH3 is 2. The maximum absolute atomic E-state index is 12.4. The lowest BCUT2D eigenvalue weighted by atomic mass is 10.1. The number of carbonyl (C=O) groups is 1. The molecule has 0 fully saturated rings. The number of hydrogen-bond donors (Lipinski definition) is 1. The molecule has 4 nitrogen and oxygen atoms in total. The second kappa shape index (κ2) is 9.29. The number of carbonyl (C=O) groups excluding carboxylic acids is 1. The molecule has 0 aliphatic carbocycles. The summed E-state index contributed by atoms with van der Waals surface area (Å²) < 4.78 is 10.5. The minimum absolute atomic E-state index is 0.111. The van der Waals surface area contributed by atoms with E-state index in [9.17, 15) is 4.79 Å². The lowest BCUT2D eigenvalue weighted by molar-refractivity contribution is -0.115. The number of rotatable bonds is 5. The summed E-state index contributed by atoms with van der Waals surface area (Å²) in [6, 6.07) is 22.7. The van der Waals surface area contributed by atoms with Crippen molar-refractivity contribution in [1.29, 1.82) is 0 Å². The SMILES string of the molecule is COc1ccc(CC(=O)Nc2cccc(C#Cc3ccccc3)c2)cc1OC. The van der Waals surface area contributed by atoms with Gasteiger partial charge in [0.05, 0.1) is 20.6 Å². The van der Waals surface area contributed by atoms with Gasteiger partial charge in [-0.1, -0.05) is 42.2 Å². The molecular formula is C24H21NO3. The van der Waals surface area contributed by atoms with Crippen LogP contribution in [0.4, 0.5) is 5.69 Å². The minimum atomic E-state index is -0.111. The predicted molar refractivity (Wildman–Crippen MR) is 111 cm³/mol. The fourth-order valence-corrected chi connectivity index (χ4v) is 2.72. The third kappa shape index (κ3) is 5.15. The lowest BCUT2D eigenvalue weighted by Crippen LogP contribution is -2.14. The van der Waals surface area contributed by atoms with E-state index < -0.39 is 0 Å². The van der Waals surface area contributed by atoms with E-state index in [1.807, 2.05) is 60.7 Å². The molecule has 0 atom stereocenters. The van der Waals surface area contributed by atoms with Gasteiger partial charge in [0.25, 0.3) is 0 Å². The Morgan fingerprint density at radius 2 is 1.54 bits per heavy atom. The zero-order valence-electron chi connectivity index (χ0n) is 15.9. The van der Waals surface area contributed by atoms with E-state index in [0.717, 1.165) is 16.7 Å². The van der Waals surface area contributed by atoms with Gasteiger partial charge in [-0.05, 0) is 48.0 Å². The van der Waals surface area contributed by atoms with Crippen LogP contribution in [0.1, 0.15) is 16.7 Å². The van der Waals surface area contributed by atoms with Crippen LogP contribution in [0.5, 0.6) is 11.5 Å². The summed E-state index contributed by atoms with van der Waals surface area (Å²) in [5.74, 6) is 7.36. The molecule has 28 heavy (non-hydrogen) atoms. The molecule has 0 heterocycles. The molecule has 0 radical (unpaired) electrons. The van der Waals surface area contributed by atoms with Gasteiger partial charge in [-0.2, -0.15) is 0 Å². The average Bonchev–Trinajstić information content (AvgIpc) is 2.73. The number of amides is 1. The van der Waals surface area contributed by atoms with E-state index >= 15 is 0 Å². The molecular weight excluding hydrogens is 350 g/mol. The van der Waals surface area contributed by atoms with E-state index in [1.54, 1.807) is 26.4 Å². The van der Waals surface area contributed by atoms with E-state index in [4.69, 9.17) is 9.47 Å². The van der Waals surface area contributed by atoms with Crippen molar-refractivity contribution in [3.05, 3.63) is 89.5 Å². The second-order valence-electron chi connectivity index (χ2n) is 6.11. The van der Waals surface area contributed by atoms with E-state index in [-0.39, 0.29) is 12.3 Å². The van der Waals surface area contributed by atoms with Crippen LogP contribution in [0, 0.1) is 11.8 Å². The highest BCUT2D eigenvalue weighted by atomic mass is 16.5.